The molecule has 1 saturated heterocycles. The monoisotopic (exact) mass is 261 g/mol. The van der Waals surface area contributed by atoms with Crippen molar-refractivity contribution in [1.82, 2.24) is 4.90 Å². The molecule has 6 heteroatoms. The molecule has 2 atom stereocenters. The number of ether oxygens (including phenoxy) is 1. The second kappa shape index (κ2) is 5.61. The molecule has 0 saturated carbocycles. The first kappa shape index (κ1) is 11.8. The second-order valence-electron chi connectivity index (χ2n) is 3.22. The molecule has 78 valence electrons. The van der Waals surface area contributed by atoms with Gasteiger partial charge in [-0.1, -0.05) is 0 Å². The molecule has 1 heterocycles. The van der Waals surface area contributed by atoms with Crippen molar-refractivity contribution < 1.29 is 14.2 Å². The zero-order valence-corrected chi connectivity index (χ0v) is 9.70. The third kappa shape index (κ3) is 2.88. The van der Waals surface area contributed by atoms with E-state index in [2.05, 4.69) is 15.9 Å². The standard InChI is InChI=1S/C8H13BBrNO3/c1-2-14-8(12)7-3-6(10)4-11(7)5-9-13/h6-7H,2-5H2,1H3/t6?,7-/m0/s1. The van der Waals surface area contributed by atoms with Gasteiger partial charge in [-0.3, -0.25) is 0 Å². The maximum atomic E-state index is 11.5. The van der Waals surface area contributed by atoms with Crippen LogP contribution >= 0.6 is 15.9 Å². The molecule has 0 spiro atoms. The van der Waals surface area contributed by atoms with Crippen molar-refractivity contribution in [1.29, 1.82) is 0 Å². The number of hydrogen-bond acceptors (Lipinski definition) is 4. The molecule has 0 aromatic rings. The number of rotatable bonds is 4. The van der Waals surface area contributed by atoms with E-state index in [1.807, 2.05) is 4.90 Å². The summed E-state index contributed by atoms with van der Waals surface area (Å²) in [4.78, 5) is 13.6. The number of nitrogens with zero attached hydrogens (tertiary/aromatic N) is 1. The van der Waals surface area contributed by atoms with Gasteiger partial charge in [0.05, 0.1) is 0 Å². The van der Waals surface area contributed by atoms with Crippen LogP contribution in [-0.2, 0) is 14.2 Å². The van der Waals surface area contributed by atoms with E-state index in [-0.39, 0.29) is 16.8 Å². The number of alkyl halides is 1. The Morgan fingerprint density at radius 2 is 2.43 bits per heavy atom. The quantitative estimate of drug-likeness (QED) is 0.418. The van der Waals surface area contributed by atoms with Gasteiger partial charge in [-0.15, -0.1) is 0 Å². The molecule has 0 aliphatic carbocycles. The van der Waals surface area contributed by atoms with Gasteiger partial charge in [0, 0.05) is 0 Å². The average molecular weight is 262 g/mol. The van der Waals surface area contributed by atoms with Crippen LogP contribution in [0, 0.1) is 0 Å². The molecule has 0 bridgehead atoms. The Bertz CT molecular complexity index is 227. The Kier molecular flexibility index (Phi) is 4.74. The normalized spacial score (nSPS) is 27.3. The Labute approximate surface area is 92.4 Å². The fraction of sp³-hybridized carbons (Fsp3) is 0.875. The van der Waals surface area contributed by atoms with Crippen molar-refractivity contribution in [2.75, 3.05) is 19.6 Å². The van der Waals surface area contributed by atoms with Gasteiger partial charge >= 0.3 is 92.0 Å². The predicted octanol–water partition coefficient (Wildman–Crippen LogP) is 0.394. The predicted molar refractivity (Wildman–Crippen MR) is 55.8 cm³/mol. The van der Waals surface area contributed by atoms with Crippen molar-refractivity contribution in [3.05, 3.63) is 0 Å². The summed E-state index contributed by atoms with van der Waals surface area (Å²) in [5.41, 5.74) is 0. The maximum absolute atomic E-state index is 11.5. The third-order valence-electron chi connectivity index (χ3n) is 2.22. The average Bonchev–Trinajstić information content (AvgIpc) is 2.48. The number of carbonyl (C=O) groups is 1. The summed E-state index contributed by atoms with van der Waals surface area (Å²) in [6, 6.07) is -0.260. The van der Waals surface area contributed by atoms with Gasteiger partial charge in [-0.25, -0.2) is 0 Å². The molecule has 14 heavy (non-hydrogen) atoms. The van der Waals surface area contributed by atoms with Crippen molar-refractivity contribution in [2.45, 2.75) is 24.2 Å². The molecule has 1 aliphatic rings. The van der Waals surface area contributed by atoms with Gasteiger partial charge in [0.2, 0.25) is 0 Å². The molecular formula is C8H13BBrNO3. The van der Waals surface area contributed by atoms with Crippen LogP contribution in [0.1, 0.15) is 13.3 Å². The van der Waals surface area contributed by atoms with E-state index in [0.29, 0.717) is 19.5 Å². The Balaban J connectivity index is 2.56. The topological polar surface area (TPSA) is 46.6 Å². The van der Waals surface area contributed by atoms with E-state index in [0.717, 1.165) is 13.7 Å². The Morgan fingerprint density at radius 1 is 1.71 bits per heavy atom. The van der Waals surface area contributed by atoms with Crippen LogP contribution in [0.25, 0.3) is 0 Å². The minimum absolute atomic E-state index is 0.226. The van der Waals surface area contributed by atoms with E-state index in [1.165, 1.54) is 0 Å². The van der Waals surface area contributed by atoms with Crippen molar-refractivity contribution in [3.8, 4) is 0 Å². The van der Waals surface area contributed by atoms with Gasteiger partial charge in [0.25, 0.3) is 0 Å². The number of carbonyl (C=O) groups excluding carboxylic acids is 1. The summed E-state index contributed by atoms with van der Waals surface area (Å²) >= 11 is 3.44. The van der Waals surface area contributed by atoms with Crippen molar-refractivity contribution in [3.63, 3.8) is 0 Å². The van der Waals surface area contributed by atoms with Gasteiger partial charge in [-0.05, 0) is 0 Å². The van der Waals surface area contributed by atoms with E-state index < -0.39 is 0 Å². The van der Waals surface area contributed by atoms with Crippen LogP contribution < -0.4 is 0 Å². The Morgan fingerprint density at radius 3 is 3.00 bits per heavy atom. The SMILES string of the molecule is CCOC(=O)[C@@H]1CC(Br)CN1CB=O. The van der Waals surface area contributed by atoms with Gasteiger partial charge in [0.15, 0.2) is 0 Å². The molecule has 1 aliphatic heterocycles. The molecule has 1 unspecified atom stereocenters. The summed E-state index contributed by atoms with van der Waals surface area (Å²) in [5, 5.41) is 0. The molecule has 1 rings (SSSR count). The van der Waals surface area contributed by atoms with Crippen LogP contribution in [0.4, 0.5) is 0 Å². The van der Waals surface area contributed by atoms with E-state index >= 15 is 0 Å². The van der Waals surface area contributed by atoms with E-state index in [9.17, 15) is 9.50 Å². The fourth-order valence-electron chi connectivity index (χ4n) is 1.63. The summed E-state index contributed by atoms with van der Waals surface area (Å²) in [5.74, 6) is -0.226. The van der Waals surface area contributed by atoms with E-state index in [4.69, 9.17) is 4.74 Å². The zero-order chi connectivity index (χ0) is 10.6. The van der Waals surface area contributed by atoms with Crippen LogP contribution in [0.3, 0.4) is 0 Å². The van der Waals surface area contributed by atoms with Crippen LogP contribution in [0.5, 0.6) is 0 Å². The van der Waals surface area contributed by atoms with Crippen molar-refractivity contribution >= 4 is 29.0 Å². The summed E-state index contributed by atoms with van der Waals surface area (Å²) in [6.45, 7) is 2.89. The first-order chi connectivity index (χ1) is 6.69. The molecule has 0 aromatic carbocycles. The number of likely N-dealkylation sites (tertiary alicyclic amines) is 1. The molecule has 0 amide bonds. The number of halogens is 1. The first-order valence-electron chi connectivity index (χ1n) is 4.67. The second-order valence-corrected chi connectivity index (χ2v) is 4.52. The molecular weight excluding hydrogens is 249 g/mol. The van der Waals surface area contributed by atoms with Gasteiger partial charge in [-0.2, -0.15) is 0 Å². The molecule has 1 fully saturated rings. The Hall–Kier alpha value is -0.225. The van der Waals surface area contributed by atoms with Crippen LogP contribution in [-0.4, -0.2) is 48.5 Å². The number of esters is 1. The number of hydrogen-bond donors (Lipinski definition) is 0. The van der Waals surface area contributed by atoms with E-state index in [1.54, 1.807) is 6.92 Å². The first-order valence-corrected chi connectivity index (χ1v) is 5.59. The zero-order valence-electron chi connectivity index (χ0n) is 8.11. The van der Waals surface area contributed by atoms with Crippen LogP contribution in [0.2, 0.25) is 0 Å². The van der Waals surface area contributed by atoms with Crippen LogP contribution in [0.15, 0.2) is 0 Å². The van der Waals surface area contributed by atoms with Gasteiger partial charge < -0.3 is 0 Å². The summed E-state index contributed by atoms with van der Waals surface area (Å²) in [6.07, 6.45) is 1.01. The summed E-state index contributed by atoms with van der Waals surface area (Å²) in [7, 11) is 0.817. The molecule has 0 aromatic heterocycles. The minimum atomic E-state index is -0.260. The summed E-state index contributed by atoms with van der Waals surface area (Å²) < 4.78 is 15.3. The van der Waals surface area contributed by atoms with Gasteiger partial charge in [0.1, 0.15) is 0 Å². The molecule has 0 radical (unpaired) electrons. The van der Waals surface area contributed by atoms with Crippen molar-refractivity contribution in [2.24, 2.45) is 0 Å². The third-order valence-corrected chi connectivity index (χ3v) is 2.88. The molecule has 4 nitrogen and oxygen atoms in total. The molecule has 0 N–H and O–H groups in total. The fourth-order valence-corrected chi connectivity index (χ4v) is 2.35.